The molecule has 0 saturated carbocycles. The third-order valence-electron chi connectivity index (χ3n) is 4.77. The molecule has 0 spiro atoms. The lowest BCUT2D eigenvalue weighted by molar-refractivity contribution is -0.552. The maximum absolute atomic E-state index is 4.61. The first-order valence-corrected chi connectivity index (χ1v) is 9.51. The first-order valence-electron chi connectivity index (χ1n) is 9.51. The molecule has 0 amide bonds. The van der Waals surface area contributed by atoms with Gasteiger partial charge in [0.1, 0.15) is 6.04 Å². The predicted molar refractivity (Wildman–Crippen MR) is 104 cm³/mol. The van der Waals surface area contributed by atoms with Crippen molar-refractivity contribution in [2.45, 2.75) is 57.4 Å². The summed E-state index contributed by atoms with van der Waals surface area (Å²) < 4.78 is 2.10. The molecule has 1 heterocycles. The number of benzene rings is 1. The first kappa shape index (κ1) is 22.1. The molecular formula is C21H34IN3. The lowest BCUT2D eigenvalue weighted by Gasteiger charge is -2.11. The van der Waals surface area contributed by atoms with Gasteiger partial charge in [0, 0.05) is 26.2 Å². The lowest BCUT2D eigenvalue weighted by atomic mass is 10.0. The minimum atomic E-state index is 0. The summed E-state index contributed by atoms with van der Waals surface area (Å²) in [5.41, 5.74) is 2.55. The van der Waals surface area contributed by atoms with Gasteiger partial charge in [-0.05, 0) is 42.1 Å². The smallest absolute Gasteiger partial charge is 0.170 e. The Balaban J connectivity index is 0.00000312. The van der Waals surface area contributed by atoms with E-state index in [0.717, 1.165) is 6.54 Å². The summed E-state index contributed by atoms with van der Waals surface area (Å²) in [6, 6.07) is 9.34. The maximum Gasteiger partial charge on any atom is 0.170 e. The van der Waals surface area contributed by atoms with E-state index in [0.29, 0.717) is 6.04 Å². The molecule has 0 N–H and O–H groups in total. The maximum atomic E-state index is 4.61. The predicted octanol–water partition coefficient (Wildman–Crippen LogP) is 2.37. The van der Waals surface area contributed by atoms with Crippen molar-refractivity contribution in [3.05, 3.63) is 35.9 Å². The van der Waals surface area contributed by atoms with Crippen LogP contribution in [0.3, 0.4) is 0 Å². The Bertz CT molecular complexity index is 535. The monoisotopic (exact) mass is 455 g/mol. The highest BCUT2D eigenvalue weighted by atomic mass is 127. The van der Waals surface area contributed by atoms with Gasteiger partial charge in [0.25, 0.3) is 0 Å². The Hall–Kier alpha value is -0.910. The van der Waals surface area contributed by atoms with Gasteiger partial charge < -0.3 is 28.9 Å². The minimum absolute atomic E-state index is 0. The summed E-state index contributed by atoms with van der Waals surface area (Å²) in [5.74, 6) is 0. The highest BCUT2D eigenvalue weighted by Gasteiger charge is 2.20. The van der Waals surface area contributed by atoms with Crippen molar-refractivity contribution in [3.63, 3.8) is 0 Å². The van der Waals surface area contributed by atoms with E-state index in [1.165, 1.54) is 62.6 Å². The Labute approximate surface area is 171 Å². The molecule has 1 aromatic rings. The van der Waals surface area contributed by atoms with E-state index in [2.05, 4.69) is 72.3 Å². The fourth-order valence-corrected chi connectivity index (χ4v) is 3.21. The number of hydrogen-bond donors (Lipinski definition) is 0. The summed E-state index contributed by atoms with van der Waals surface area (Å²) >= 11 is 0. The van der Waals surface area contributed by atoms with Gasteiger partial charge in [0.2, 0.25) is 0 Å². The highest BCUT2D eigenvalue weighted by Crippen LogP contribution is 2.16. The van der Waals surface area contributed by atoms with Crippen LogP contribution in [0.4, 0.5) is 5.69 Å². The van der Waals surface area contributed by atoms with Gasteiger partial charge in [0.05, 0.1) is 0 Å². The van der Waals surface area contributed by atoms with E-state index in [-0.39, 0.29) is 24.0 Å². The van der Waals surface area contributed by atoms with E-state index < -0.39 is 0 Å². The fourth-order valence-electron chi connectivity index (χ4n) is 3.21. The third kappa shape index (κ3) is 8.84. The van der Waals surface area contributed by atoms with Gasteiger partial charge in [-0.2, -0.15) is 0 Å². The van der Waals surface area contributed by atoms with E-state index in [4.69, 9.17) is 0 Å². The zero-order valence-electron chi connectivity index (χ0n) is 16.1. The van der Waals surface area contributed by atoms with Crippen LogP contribution in [-0.2, 0) is 0 Å². The molecule has 25 heavy (non-hydrogen) atoms. The molecule has 2 rings (SSSR count). The Morgan fingerprint density at radius 2 is 1.76 bits per heavy atom. The number of hydrogen-bond acceptors (Lipinski definition) is 2. The average molecular weight is 455 g/mol. The molecule has 1 unspecified atom stereocenters. The Morgan fingerprint density at radius 1 is 1.08 bits per heavy atom. The van der Waals surface area contributed by atoms with Crippen molar-refractivity contribution >= 4 is 11.8 Å². The van der Waals surface area contributed by atoms with Crippen LogP contribution < -0.4 is 28.9 Å². The lowest BCUT2D eigenvalue weighted by Crippen LogP contribution is -3.00. The van der Waals surface area contributed by atoms with Crippen molar-refractivity contribution < 1.29 is 28.7 Å². The summed E-state index contributed by atoms with van der Waals surface area (Å²) in [6.07, 6.45) is 15.0. The summed E-state index contributed by atoms with van der Waals surface area (Å²) in [6.45, 7) is 1.15. The molecule has 0 saturated heterocycles. The Kier molecular flexibility index (Phi) is 11.0. The molecule has 0 aromatic heterocycles. The van der Waals surface area contributed by atoms with Crippen molar-refractivity contribution in [1.29, 1.82) is 0 Å². The van der Waals surface area contributed by atoms with E-state index >= 15 is 0 Å². The van der Waals surface area contributed by atoms with Crippen LogP contribution >= 0.6 is 0 Å². The molecule has 1 aliphatic heterocycles. The molecular weight excluding hydrogens is 421 g/mol. The van der Waals surface area contributed by atoms with Gasteiger partial charge in [-0.25, -0.2) is 0 Å². The molecule has 1 aliphatic rings. The minimum Gasteiger partial charge on any atom is -1.00 e. The van der Waals surface area contributed by atoms with Crippen molar-refractivity contribution in [2.24, 2.45) is 5.11 Å². The van der Waals surface area contributed by atoms with E-state index in [1.807, 2.05) is 0 Å². The molecule has 0 fully saturated rings. The third-order valence-corrected chi connectivity index (χ3v) is 4.77. The quantitative estimate of drug-likeness (QED) is 0.301. The number of rotatable bonds is 10. The molecule has 0 bridgehead atoms. The zero-order chi connectivity index (χ0) is 17.2. The summed E-state index contributed by atoms with van der Waals surface area (Å²) in [5, 5.41) is 4.61. The van der Waals surface area contributed by atoms with Gasteiger partial charge in [0.15, 0.2) is 13.6 Å². The summed E-state index contributed by atoms with van der Waals surface area (Å²) in [4.78, 5) is 2.13. The topological polar surface area (TPSA) is 18.6 Å². The van der Waals surface area contributed by atoms with Crippen LogP contribution in [0.1, 0.15) is 56.9 Å². The van der Waals surface area contributed by atoms with Crippen molar-refractivity contribution in [1.82, 2.24) is 0 Å². The molecule has 0 aliphatic carbocycles. The van der Waals surface area contributed by atoms with Crippen LogP contribution in [0, 0.1) is 0 Å². The van der Waals surface area contributed by atoms with Crippen molar-refractivity contribution in [2.75, 3.05) is 32.6 Å². The second kappa shape index (κ2) is 12.4. The van der Waals surface area contributed by atoms with Crippen LogP contribution in [0.15, 0.2) is 35.5 Å². The number of anilines is 1. The molecule has 140 valence electrons. The number of allylic oxidation sites excluding steroid dienone is 1. The van der Waals surface area contributed by atoms with Crippen LogP contribution in [0.2, 0.25) is 0 Å². The van der Waals surface area contributed by atoms with Crippen LogP contribution in [-0.4, -0.2) is 38.4 Å². The SMILES string of the molecule is CN(C)c1ccc(C=CCCCCCCCC2CC[N+](C)=N2)cc1.[I-]. The van der Waals surface area contributed by atoms with Gasteiger partial charge >= 0.3 is 0 Å². The average Bonchev–Trinajstić information content (AvgIpc) is 2.99. The molecule has 1 atom stereocenters. The molecule has 4 heteroatoms. The van der Waals surface area contributed by atoms with E-state index in [1.54, 1.807) is 0 Å². The zero-order valence-corrected chi connectivity index (χ0v) is 18.3. The van der Waals surface area contributed by atoms with Crippen LogP contribution in [0.25, 0.3) is 6.08 Å². The van der Waals surface area contributed by atoms with Gasteiger partial charge in [-0.3, -0.25) is 0 Å². The second-order valence-electron chi connectivity index (χ2n) is 7.17. The van der Waals surface area contributed by atoms with E-state index in [9.17, 15) is 0 Å². The molecule has 1 aromatic carbocycles. The summed E-state index contributed by atoms with van der Waals surface area (Å²) in [7, 11) is 6.24. The van der Waals surface area contributed by atoms with Crippen molar-refractivity contribution in [3.8, 4) is 0 Å². The van der Waals surface area contributed by atoms with Gasteiger partial charge in [-0.1, -0.05) is 50.0 Å². The normalized spacial score (nSPS) is 16.8. The highest BCUT2D eigenvalue weighted by molar-refractivity contribution is 5.55. The second-order valence-corrected chi connectivity index (χ2v) is 7.17. The van der Waals surface area contributed by atoms with Gasteiger partial charge in [-0.15, -0.1) is 4.70 Å². The van der Waals surface area contributed by atoms with Crippen LogP contribution in [0.5, 0.6) is 0 Å². The standard InChI is InChI=1S/C21H34N3.HI/c1-23(2)21-15-13-19(14-16-21)11-9-7-5-4-6-8-10-12-20-17-18-24(3)22-20;/h9,11,13-16,20H,4-8,10,12,17-18H2,1-3H3;1H/q+1;/p-1. The number of azo groups is 2. The number of unbranched alkanes of at least 4 members (excludes halogenated alkanes) is 5. The number of halogens is 1. The Morgan fingerprint density at radius 3 is 2.40 bits per heavy atom. The fraction of sp³-hybridized carbons (Fsp3) is 0.619. The first-order chi connectivity index (χ1) is 11.6. The molecule has 0 radical (unpaired) electrons. The largest absolute Gasteiger partial charge is 1.00 e. The number of nitrogens with zero attached hydrogens (tertiary/aromatic N) is 3. The molecule has 3 nitrogen and oxygen atoms in total.